The summed E-state index contributed by atoms with van der Waals surface area (Å²) >= 11 is 13.1. The fraction of sp³-hybridized carbons (Fsp3) is 0. The zero-order chi connectivity index (χ0) is 14.3. The number of nitrogens with zero attached hydrogens (tertiary/aromatic N) is 3. The highest BCUT2D eigenvalue weighted by molar-refractivity contribution is 7.00. The summed E-state index contributed by atoms with van der Waals surface area (Å²) in [5, 5.41) is 9.46. The lowest BCUT2D eigenvalue weighted by atomic mass is 10.2. The Hall–Kier alpha value is -1.90. The maximum absolute atomic E-state index is 12.1. The van der Waals surface area contributed by atoms with E-state index in [0.717, 1.165) is 11.7 Å². The lowest BCUT2D eigenvalue weighted by molar-refractivity contribution is 0.102. The molecule has 0 aliphatic rings. The van der Waals surface area contributed by atoms with Gasteiger partial charge >= 0.3 is 0 Å². The van der Waals surface area contributed by atoms with Gasteiger partial charge in [0.1, 0.15) is 16.7 Å². The van der Waals surface area contributed by atoms with E-state index in [9.17, 15) is 4.79 Å². The van der Waals surface area contributed by atoms with Crippen LogP contribution in [0.3, 0.4) is 0 Å². The molecular formula is C10H6Cl2N6OS. The van der Waals surface area contributed by atoms with E-state index in [1.54, 1.807) is 0 Å². The number of halogens is 2. The fourth-order valence-electron chi connectivity index (χ4n) is 1.65. The third-order valence-electron chi connectivity index (χ3n) is 2.58. The first kappa shape index (κ1) is 13.1. The molecule has 0 radical (unpaired) electrons. The van der Waals surface area contributed by atoms with Crippen LogP contribution in [0.4, 0.5) is 11.4 Å². The number of benzene rings is 1. The molecule has 20 heavy (non-hydrogen) atoms. The van der Waals surface area contributed by atoms with Crippen molar-refractivity contribution in [2.45, 2.75) is 0 Å². The van der Waals surface area contributed by atoms with Gasteiger partial charge in [-0.2, -0.15) is 13.8 Å². The zero-order valence-electron chi connectivity index (χ0n) is 9.65. The summed E-state index contributed by atoms with van der Waals surface area (Å²) < 4.78 is 8.14. The number of nitrogen functional groups attached to an aromatic ring is 1. The monoisotopic (exact) mass is 328 g/mol. The van der Waals surface area contributed by atoms with E-state index in [0.29, 0.717) is 21.7 Å². The normalized spacial score (nSPS) is 10.9. The summed E-state index contributed by atoms with van der Waals surface area (Å²) in [6.45, 7) is 0. The number of nitrogens with two attached hydrogens (primary N) is 1. The van der Waals surface area contributed by atoms with Crippen molar-refractivity contribution < 1.29 is 4.79 Å². The van der Waals surface area contributed by atoms with Crippen molar-refractivity contribution in [2.24, 2.45) is 0 Å². The van der Waals surface area contributed by atoms with Gasteiger partial charge in [-0.05, 0) is 6.07 Å². The number of rotatable bonds is 2. The van der Waals surface area contributed by atoms with E-state index in [1.165, 1.54) is 12.3 Å². The van der Waals surface area contributed by atoms with Crippen LogP contribution in [-0.4, -0.2) is 24.9 Å². The molecule has 0 aliphatic carbocycles. The van der Waals surface area contributed by atoms with Crippen molar-refractivity contribution in [3.8, 4) is 0 Å². The first-order valence-electron chi connectivity index (χ1n) is 5.28. The molecule has 3 aromatic rings. The smallest absolute Gasteiger partial charge is 0.275 e. The largest absolute Gasteiger partial charge is 0.396 e. The Bertz CT molecular complexity index is 813. The first-order chi connectivity index (χ1) is 9.58. The molecule has 2 heterocycles. The van der Waals surface area contributed by atoms with Gasteiger partial charge in [-0.1, -0.05) is 23.2 Å². The molecule has 0 saturated carbocycles. The Balaban J connectivity index is 2.05. The molecule has 2 aromatic heterocycles. The van der Waals surface area contributed by atoms with Gasteiger partial charge in [0.25, 0.3) is 5.91 Å². The number of anilines is 2. The summed E-state index contributed by atoms with van der Waals surface area (Å²) in [4.78, 5) is 12.1. The molecule has 1 amide bonds. The van der Waals surface area contributed by atoms with Crippen LogP contribution in [0.1, 0.15) is 10.5 Å². The Morgan fingerprint density at radius 3 is 2.75 bits per heavy atom. The molecule has 0 saturated heterocycles. The summed E-state index contributed by atoms with van der Waals surface area (Å²) in [6, 6.07) is 1.50. The molecule has 0 bridgehead atoms. The molecule has 7 nitrogen and oxygen atoms in total. The molecule has 4 N–H and O–H groups in total. The van der Waals surface area contributed by atoms with Crippen molar-refractivity contribution in [1.29, 1.82) is 0 Å². The molecule has 0 atom stereocenters. The Kier molecular flexibility index (Phi) is 3.20. The molecular weight excluding hydrogens is 323 g/mol. The number of nitrogens with one attached hydrogen (secondary N) is 2. The van der Waals surface area contributed by atoms with Crippen molar-refractivity contribution in [2.75, 3.05) is 11.1 Å². The number of aromatic amines is 1. The van der Waals surface area contributed by atoms with Gasteiger partial charge < -0.3 is 11.1 Å². The van der Waals surface area contributed by atoms with Crippen LogP contribution in [0.25, 0.3) is 11.0 Å². The van der Waals surface area contributed by atoms with E-state index in [1.807, 2.05) is 0 Å². The van der Waals surface area contributed by atoms with Gasteiger partial charge in [0.05, 0.1) is 39.3 Å². The lowest BCUT2D eigenvalue weighted by Crippen LogP contribution is -2.14. The molecule has 102 valence electrons. The van der Waals surface area contributed by atoms with Crippen LogP contribution in [0.5, 0.6) is 0 Å². The van der Waals surface area contributed by atoms with E-state index in [4.69, 9.17) is 28.9 Å². The summed E-state index contributed by atoms with van der Waals surface area (Å²) in [6.07, 6.45) is 1.35. The van der Waals surface area contributed by atoms with Gasteiger partial charge in [-0.3, -0.25) is 9.89 Å². The molecule has 0 spiro atoms. The Morgan fingerprint density at radius 1 is 1.30 bits per heavy atom. The Morgan fingerprint density at radius 2 is 2.05 bits per heavy atom. The predicted octanol–water partition coefficient (Wildman–Crippen LogP) is 2.56. The molecule has 0 unspecified atom stereocenters. The number of carbonyl (C=O) groups excluding carboxylic acids is 1. The fourth-order valence-corrected chi connectivity index (χ4v) is 2.81. The predicted molar refractivity (Wildman–Crippen MR) is 78.4 cm³/mol. The second-order valence-electron chi connectivity index (χ2n) is 3.83. The van der Waals surface area contributed by atoms with E-state index in [-0.39, 0.29) is 16.4 Å². The summed E-state index contributed by atoms with van der Waals surface area (Å²) in [5.41, 5.74) is 7.24. The average molecular weight is 329 g/mol. The third kappa shape index (κ3) is 2.07. The minimum Gasteiger partial charge on any atom is -0.396 e. The van der Waals surface area contributed by atoms with Gasteiger partial charge in [0, 0.05) is 0 Å². The van der Waals surface area contributed by atoms with E-state index < -0.39 is 5.91 Å². The number of carbonyl (C=O) groups is 1. The molecule has 0 fully saturated rings. The lowest BCUT2D eigenvalue weighted by Gasteiger charge is -2.07. The average Bonchev–Trinajstić information content (AvgIpc) is 3.02. The standard InChI is InChI=1S/C10H6Cl2N6OS/c11-3-1-4(12)7-9(18-20-17-7)6(3)15-10(19)8-5(13)2-14-16-8/h1-2H,13H2,(H,14,16)(H,15,19). The number of hydrogen-bond acceptors (Lipinski definition) is 6. The van der Waals surface area contributed by atoms with Crippen LogP contribution < -0.4 is 11.1 Å². The minimum absolute atomic E-state index is 0.146. The van der Waals surface area contributed by atoms with Gasteiger partial charge in [0.15, 0.2) is 0 Å². The van der Waals surface area contributed by atoms with Crippen LogP contribution in [0, 0.1) is 0 Å². The number of H-pyrrole nitrogens is 1. The topological polar surface area (TPSA) is 110 Å². The number of hydrogen-bond donors (Lipinski definition) is 3. The second-order valence-corrected chi connectivity index (χ2v) is 5.17. The van der Waals surface area contributed by atoms with Gasteiger partial charge in [-0.15, -0.1) is 0 Å². The third-order valence-corrected chi connectivity index (χ3v) is 3.69. The van der Waals surface area contributed by atoms with Crippen LogP contribution in [0.2, 0.25) is 10.0 Å². The minimum atomic E-state index is -0.474. The second kappa shape index (κ2) is 4.89. The summed E-state index contributed by atoms with van der Waals surface area (Å²) in [5.74, 6) is -0.474. The van der Waals surface area contributed by atoms with Crippen molar-refractivity contribution in [3.63, 3.8) is 0 Å². The van der Waals surface area contributed by atoms with Crippen LogP contribution in [0.15, 0.2) is 12.3 Å². The number of fused-ring (bicyclic) bond motifs is 1. The molecule has 3 rings (SSSR count). The van der Waals surface area contributed by atoms with Crippen molar-refractivity contribution >= 4 is 63.2 Å². The summed E-state index contributed by atoms with van der Waals surface area (Å²) in [7, 11) is 0. The number of amides is 1. The maximum atomic E-state index is 12.1. The van der Waals surface area contributed by atoms with Crippen molar-refractivity contribution in [1.82, 2.24) is 18.9 Å². The SMILES string of the molecule is Nc1cn[nH]c1C(=O)Nc1c(Cl)cc(Cl)c2nsnc12. The van der Waals surface area contributed by atoms with Gasteiger partial charge in [0.2, 0.25) is 0 Å². The highest BCUT2D eigenvalue weighted by atomic mass is 35.5. The zero-order valence-corrected chi connectivity index (χ0v) is 12.0. The quantitative estimate of drug-likeness (QED) is 0.669. The van der Waals surface area contributed by atoms with Crippen LogP contribution in [-0.2, 0) is 0 Å². The molecule has 10 heteroatoms. The molecule has 1 aromatic carbocycles. The van der Waals surface area contributed by atoms with E-state index >= 15 is 0 Å². The van der Waals surface area contributed by atoms with Crippen LogP contribution >= 0.6 is 34.9 Å². The number of aromatic nitrogens is 4. The van der Waals surface area contributed by atoms with Gasteiger partial charge in [-0.25, -0.2) is 0 Å². The van der Waals surface area contributed by atoms with Crippen molar-refractivity contribution in [3.05, 3.63) is 28.0 Å². The highest BCUT2D eigenvalue weighted by Crippen LogP contribution is 2.35. The Labute approximate surface area is 126 Å². The van der Waals surface area contributed by atoms with E-state index in [2.05, 4.69) is 24.3 Å². The molecule has 0 aliphatic heterocycles. The highest BCUT2D eigenvalue weighted by Gasteiger charge is 2.18. The maximum Gasteiger partial charge on any atom is 0.275 e. The first-order valence-corrected chi connectivity index (χ1v) is 6.77.